The van der Waals surface area contributed by atoms with Gasteiger partial charge in [-0.3, -0.25) is 0 Å². The Morgan fingerprint density at radius 1 is 0.906 bits per heavy atom. The maximum absolute atomic E-state index is 4.28. The molecule has 4 aromatic rings. The molecule has 0 atom stereocenters. The Bertz CT molecular complexity index is 1080. The Kier molecular flexibility index (Phi) is 9.57. The third-order valence-electron chi connectivity index (χ3n) is 5.11. The van der Waals surface area contributed by atoms with Gasteiger partial charge in [0.05, 0.1) is 0 Å². The van der Waals surface area contributed by atoms with Crippen LogP contribution < -0.4 is 10.9 Å². The van der Waals surface area contributed by atoms with Gasteiger partial charge in [0.15, 0.2) is 0 Å². The highest BCUT2D eigenvalue weighted by molar-refractivity contribution is 9.11. The van der Waals surface area contributed by atoms with Crippen molar-refractivity contribution in [3.05, 3.63) is 123 Å². The van der Waals surface area contributed by atoms with Gasteiger partial charge >= 0.3 is 0 Å². The van der Waals surface area contributed by atoms with Crippen LogP contribution in [0.25, 0.3) is 0 Å². The van der Waals surface area contributed by atoms with Crippen LogP contribution in [-0.4, -0.2) is 16.7 Å². The van der Waals surface area contributed by atoms with Crippen LogP contribution in [0.3, 0.4) is 0 Å². The SMILES string of the molecule is CC(Br)=CCB(c1ccccc1)c1ccccc1.Cc1cnc(Cc2ccccc2Br)[nH]1. The fraction of sp³-hybridized carbons (Fsp3) is 0.148. The lowest BCUT2D eigenvalue weighted by atomic mass is 9.39. The number of aromatic nitrogens is 2. The zero-order valence-electron chi connectivity index (χ0n) is 18.4. The Hall–Kier alpha value is -2.37. The van der Waals surface area contributed by atoms with E-state index >= 15 is 0 Å². The molecule has 1 aromatic heterocycles. The summed E-state index contributed by atoms with van der Waals surface area (Å²) < 4.78 is 2.33. The van der Waals surface area contributed by atoms with E-state index in [1.807, 2.05) is 31.3 Å². The first kappa shape index (κ1) is 24.3. The number of rotatable bonds is 6. The van der Waals surface area contributed by atoms with Crippen molar-refractivity contribution in [3.8, 4) is 0 Å². The lowest BCUT2D eigenvalue weighted by Gasteiger charge is -2.12. The Morgan fingerprint density at radius 2 is 1.47 bits per heavy atom. The number of aryl methyl sites for hydroxylation is 1. The van der Waals surface area contributed by atoms with Crippen LogP contribution in [0, 0.1) is 6.92 Å². The summed E-state index contributed by atoms with van der Waals surface area (Å²) in [4.78, 5) is 7.50. The standard InChI is InChI=1S/C16H16BBr.C11H11BrN2/c1-14(18)12-13-17(15-8-4-2-5-9-15)16-10-6-3-7-11-16;1-8-7-13-11(14-8)6-9-4-2-3-5-10(9)12/h2-12H,13H2,1H3;2-5,7H,6H2,1H3,(H,13,14). The van der Waals surface area contributed by atoms with Crippen molar-refractivity contribution in [3.63, 3.8) is 0 Å². The molecule has 0 fully saturated rings. The van der Waals surface area contributed by atoms with Crippen LogP contribution >= 0.6 is 31.9 Å². The van der Waals surface area contributed by atoms with Crippen molar-refractivity contribution in [1.82, 2.24) is 9.97 Å². The molecule has 0 aliphatic heterocycles. The number of H-pyrrole nitrogens is 1. The Labute approximate surface area is 208 Å². The number of imidazole rings is 1. The molecule has 32 heavy (non-hydrogen) atoms. The Morgan fingerprint density at radius 3 is 1.97 bits per heavy atom. The largest absolute Gasteiger partial charge is 0.346 e. The summed E-state index contributed by atoms with van der Waals surface area (Å²) in [6.45, 7) is 4.52. The van der Waals surface area contributed by atoms with Crippen LogP contribution in [0.4, 0.5) is 0 Å². The van der Waals surface area contributed by atoms with Gasteiger partial charge in [0.1, 0.15) is 5.82 Å². The van der Waals surface area contributed by atoms with E-state index in [-0.39, 0.29) is 0 Å². The number of aromatic amines is 1. The van der Waals surface area contributed by atoms with Crippen molar-refractivity contribution in [2.24, 2.45) is 0 Å². The third-order valence-corrected chi connectivity index (χ3v) is 6.21. The molecule has 1 N–H and O–H groups in total. The summed E-state index contributed by atoms with van der Waals surface area (Å²) in [6, 6.07) is 29.6. The molecular weight excluding hydrogens is 523 g/mol. The summed E-state index contributed by atoms with van der Waals surface area (Å²) >= 11 is 7.03. The molecule has 0 bridgehead atoms. The molecule has 0 spiro atoms. The highest BCUT2D eigenvalue weighted by Gasteiger charge is 2.16. The third kappa shape index (κ3) is 7.65. The first-order valence-corrected chi connectivity index (χ1v) is 12.3. The van der Waals surface area contributed by atoms with Gasteiger partial charge in [0.2, 0.25) is 6.71 Å². The van der Waals surface area contributed by atoms with Crippen molar-refractivity contribution in [2.45, 2.75) is 26.6 Å². The second-order valence-electron chi connectivity index (χ2n) is 7.68. The summed E-state index contributed by atoms with van der Waals surface area (Å²) in [5.74, 6) is 1.01. The van der Waals surface area contributed by atoms with Gasteiger partial charge < -0.3 is 4.98 Å². The number of nitrogens with one attached hydrogen (secondary N) is 1. The fourth-order valence-corrected chi connectivity index (χ4v) is 4.11. The number of nitrogens with zero attached hydrogens (tertiary/aromatic N) is 1. The second kappa shape index (κ2) is 12.6. The van der Waals surface area contributed by atoms with Gasteiger partial charge in [-0.2, -0.15) is 0 Å². The number of benzene rings is 3. The highest BCUT2D eigenvalue weighted by Crippen LogP contribution is 2.18. The van der Waals surface area contributed by atoms with E-state index in [2.05, 4.69) is 122 Å². The highest BCUT2D eigenvalue weighted by atomic mass is 79.9. The number of allylic oxidation sites excluding steroid dienone is 2. The molecule has 0 radical (unpaired) electrons. The smallest absolute Gasteiger partial charge is 0.213 e. The first-order valence-electron chi connectivity index (χ1n) is 10.7. The quantitative estimate of drug-likeness (QED) is 0.267. The first-order chi connectivity index (χ1) is 15.5. The van der Waals surface area contributed by atoms with Crippen molar-refractivity contribution < 1.29 is 0 Å². The summed E-state index contributed by atoms with van der Waals surface area (Å²) in [7, 11) is 0. The molecule has 3 aromatic carbocycles. The minimum Gasteiger partial charge on any atom is -0.346 e. The Balaban J connectivity index is 0.000000186. The van der Waals surface area contributed by atoms with E-state index in [4.69, 9.17) is 0 Å². The average Bonchev–Trinajstić information content (AvgIpc) is 3.22. The summed E-state index contributed by atoms with van der Waals surface area (Å²) in [5.41, 5.74) is 5.09. The maximum Gasteiger partial charge on any atom is 0.213 e. The predicted octanol–water partition coefficient (Wildman–Crippen LogP) is 6.67. The van der Waals surface area contributed by atoms with E-state index in [1.54, 1.807) is 0 Å². The molecular formula is C27H27BBr2N2. The zero-order chi connectivity index (χ0) is 22.8. The molecule has 0 saturated heterocycles. The summed E-state index contributed by atoms with van der Waals surface area (Å²) in [5, 5.41) is 0. The molecule has 0 aliphatic carbocycles. The van der Waals surface area contributed by atoms with Crippen LogP contribution in [0.1, 0.15) is 24.0 Å². The van der Waals surface area contributed by atoms with E-state index in [1.165, 1.54) is 21.0 Å². The van der Waals surface area contributed by atoms with Gasteiger partial charge in [-0.25, -0.2) is 4.98 Å². The molecule has 0 saturated carbocycles. The maximum atomic E-state index is 4.28. The monoisotopic (exact) mass is 548 g/mol. The van der Waals surface area contributed by atoms with Crippen molar-refractivity contribution in [2.75, 3.05) is 0 Å². The summed E-state index contributed by atoms with van der Waals surface area (Å²) in [6.07, 6.45) is 5.96. The zero-order valence-corrected chi connectivity index (χ0v) is 21.6. The van der Waals surface area contributed by atoms with Gasteiger partial charge in [0.25, 0.3) is 0 Å². The van der Waals surface area contributed by atoms with Crippen LogP contribution in [0.2, 0.25) is 6.32 Å². The van der Waals surface area contributed by atoms with E-state index in [0.717, 1.165) is 28.7 Å². The number of hydrogen-bond acceptors (Lipinski definition) is 1. The van der Waals surface area contributed by atoms with Gasteiger partial charge in [-0.15, -0.1) is 0 Å². The minimum atomic E-state index is 0.430. The number of hydrogen-bond donors (Lipinski definition) is 1. The van der Waals surface area contributed by atoms with E-state index < -0.39 is 0 Å². The minimum absolute atomic E-state index is 0.430. The number of halogens is 2. The molecule has 2 nitrogen and oxygen atoms in total. The second-order valence-corrected chi connectivity index (χ2v) is 9.79. The molecule has 4 rings (SSSR count). The molecule has 162 valence electrons. The van der Waals surface area contributed by atoms with Crippen molar-refractivity contribution in [1.29, 1.82) is 0 Å². The van der Waals surface area contributed by atoms with Crippen LogP contribution in [0.15, 0.2) is 106 Å². The topological polar surface area (TPSA) is 28.7 Å². The molecule has 0 aliphatic rings. The van der Waals surface area contributed by atoms with Gasteiger partial charge in [-0.05, 0) is 36.3 Å². The van der Waals surface area contributed by atoms with Crippen LogP contribution in [0.5, 0.6) is 0 Å². The van der Waals surface area contributed by atoms with Crippen molar-refractivity contribution >= 4 is 49.5 Å². The van der Waals surface area contributed by atoms with E-state index in [0.29, 0.717) is 6.71 Å². The molecule has 5 heteroatoms. The van der Waals surface area contributed by atoms with Crippen LogP contribution in [-0.2, 0) is 6.42 Å². The van der Waals surface area contributed by atoms with E-state index in [9.17, 15) is 0 Å². The normalized spacial score (nSPS) is 10.9. The molecule has 0 unspecified atom stereocenters. The average molecular weight is 550 g/mol. The fourth-order valence-electron chi connectivity index (χ4n) is 3.49. The molecule has 1 heterocycles. The lowest BCUT2D eigenvalue weighted by Crippen LogP contribution is -2.41. The predicted molar refractivity (Wildman–Crippen MR) is 146 cm³/mol. The molecule has 0 amide bonds. The van der Waals surface area contributed by atoms with Gasteiger partial charge in [-0.1, -0.05) is 128 Å². The van der Waals surface area contributed by atoms with Gasteiger partial charge in [0, 0.05) is 22.8 Å². The lowest BCUT2D eigenvalue weighted by molar-refractivity contribution is 1.01.